The number of amides is 3. The van der Waals surface area contributed by atoms with Crippen LogP contribution in [0.2, 0.25) is 0 Å². The summed E-state index contributed by atoms with van der Waals surface area (Å²) in [5.41, 5.74) is 3.78. The first-order chi connectivity index (χ1) is 13.9. The van der Waals surface area contributed by atoms with E-state index >= 15 is 0 Å². The van der Waals surface area contributed by atoms with Crippen LogP contribution < -0.4 is 15.5 Å². The largest absolute Gasteiger partial charge is 0.336 e. The van der Waals surface area contributed by atoms with Crippen molar-refractivity contribution in [1.82, 2.24) is 15.1 Å². The molecule has 2 N–H and O–H groups in total. The van der Waals surface area contributed by atoms with Crippen molar-refractivity contribution in [2.24, 2.45) is 0 Å². The van der Waals surface area contributed by atoms with Gasteiger partial charge in [-0.15, -0.1) is 0 Å². The Hall–Kier alpha value is -3.68. The summed E-state index contributed by atoms with van der Waals surface area (Å²) in [6.45, 7) is 4.80. The van der Waals surface area contributed by atoms with Gasteiger partial charge in [-0.25, -0.2) is 13.9 Å². The maximum absolute atomic E-state index is 13.2. The molecule has 0 atom stereocenters. The second-order valence-corrected chi connectivity index (χ2v) is 6.82. The van der Waals surface area contributed by atoms with Crippen LogP contribution in [0, 0.1) is 19.7 Å². The molecule has 0 bridgehead atoms. The van der Waals surface area contributed by atoms with E-state index in [1.807, 2.05) is 0 Å². The highest BCUT2D eigenvalue weighted by atomic mass is 19.1. The summed E-state index contributed by atoms with van der Waals surface area (Å²) in [5, 5.41) is 10.1. The van der Waals surface area contributed by atoms with Crippen molar-refractivity contribution < 1.29 is 14.0 Å². The second-order valence-electron chi connectivity index (χ2n) is 6.82. The number of aromatic nitrogens is 2. The summed E-state index contributed by atoms with van der Waals surface area (Å²) in [4.78, 5) is 26.2. The summed E-state index contributed by atoms with van der Waals surface area (Å²) in [5.74, 6) is -0.608. The fourth-order valence-corrected chi connectivity index (χ4v) is 3.44. The van der Waals surface area contributed by atoms with Crippen molar-refractivity contribution in [2.75, 3.05) is 23.3 Å². The van der Waals surface area contributed by atoms with Gasteiger partial charge in [0.2, 0.25) is 0 Å². The van der Waals surface area contributed by atoms with Crippen LogP contribution in [-0.2, 0) is 0 Å². The Morgan fingerprint density at radius 1 is 1.07 bits per heavy atom. The topological polar surface area (TPSA) is 79.3 Å². The number of carbonyl (C=O) groups is 2. The smallest absolute Gasteiger partial charge is 0.321 e. The summed E-state index contributed by atoms with van der Waals surface area (Å²) < 4.78 is 14.8. The van der Waals surface area contributed by atoms with Crippen molar-refractivity contribution in [3.63, 3.8) is 0 Å². The van der Waals surface area contributed by atoms with Crippen molar-refractivity contribution in [2.45, 2.75) is 13.8 Å². The molecule has 4 rings (SSSR count). The van der Waals surface area contributed by atoms with Crippen molar-refractivity contribution in [1.29, 1.82) is 0 Å². The summed E-state index contributed by atoms with van der Waals surface area (Å²) >= 11 is 0. The van der Waals surface area contributed by atoms with Gasteiger partial charge in [0.15, 0.2) is 0 Å². The minimum absolute atomic E-state index is 0.124. The molecule has 0 unspecified atom stereocenters. The molecular weight excluding hydrogens is 373 g/mol. The zero-order valence-electron chi connectivity index (χ0n) is 16.1. The Morgan fingerprint density at radius 2 is 1.72 bits per heavy atom. The average molecular weight is 393 g/mol. The molecule has 0 aliphatic carbocycles. The van der Waals surface area contributed by atoms with Crippen LogP contribution in [0.5, 0.6) is 0 Å². The number of benzene rings is 2. The van der Waals surface area contributed by atoms with Gasteiger partial charge in [-0.05, 0) is 62.4 Å². The van der Waals surface area contributed by atoms with Gasteiger partial charge in [-0.2, -0.15) is 5.10 Å². The molecule has 148 valence electrons. The van der Waals surface area contributed by atoms with Gasteiger partial charge in [0, 0.05) is 24.5 Å². The van der Waals surface area contributed by atoms with E-state index in [-0.39, 0.29) is 17.8 Å². The maximum atomic E-state index is 13.2. The summed E-state index contributed by atoms with van der Waals surface area (Å²) in [6, 6.07) is 12.9. The fourth-order valence-electron chi connectivity index (χ4n) is 3.44. The molecule has 3 aromatic rings. The number of rotatable bonds is 4. The standard InChI is InChI=1S/C21H20FN5O2/c1-13-19(14(2)27(25-13)18-7-3-15(22)4-8-18)20(28)24-16-5-9-17(10-6-16)26-12-11-23-21(26)29/h3-10H,11-12H2,1-2H3,(H,23,29)(H,24,28). The predicted octanol–water partition coefficient (Wildman–Crippen LogP) is 3.41. The molecule has 0 saturated carbocycles. The molecule has 29 heavy (non-hydrogen) atoms. The van der Waals surface area contributed by atoms with Crippen LogP contribution in [0.3, 0.4) is 0 Å². The molecule has 3 amide bonds. The first-order valence-corrected chi connectivity index (χ1v) is 9.23. The first kappa shape index (κ1) is 18.7. The Morgan fingerprint density at radius 3 is 2.34 bits per heavy atom. The molecule has 2 heterocycles. The zero-order chi connectivity index (χ0) is 20.5. The minimum atomic E-state index is -0.330. The Balaban J connectivity index is 1.54. The highest BCUT2D eigenvalue weighted by Crippen LogP contribution is 2.22. The quantitative estimate of drug-likeness (QED) is 0.713. The molecule has 0 radical (unpaired) electrons. The number of carbonyl (C=O) groups excluding carboxylic acids is 2. The van der Waals surface area contributed by atoms with Gasteiger partial charge in [0.05, 0.1) is 22.6 Å². The second kappa shape index (κ2) is 7.38. The van der Waals surface area contributed by atoms with Crippen LogP contribution in [0.15, 0.2) is 48.5 Å². The lowest BCUT2D eigenvalue weighted by Crippen LogP contribution is -2.27. The van der Waals surface area contributed by atoms with Gasteiger partial charge in [-0.1, -0.05) is 0 Å². The maximum Gasteiger partial charge on any atom is 0.321 e. The molecule has 1 aliphatic heterocycles. The molecule has 1 aliphatic rings. The number of hydrogen-bond acceptors (Lipinski definition) is 3. The van der Waals surface area contributed by atoms with E-state index in [1.54, 1.807) is 59.8 Å². The number of nitrogens with one attached hydrogen (secondary N) is 2. The molecular formula is C21H20FN5O2. The highest BCUT2D eigenvalue weighted by Gasteiger charge is 2.22. The monoisotopic (exact) mass is 393 g/mol. The predicted molar refractivity (Wildman–Crippen MR) is 108 cm³/mol. The third-order valence-corrected chi connectivity index (χ3v) is 4.88. The van der Waals surface area contributed by atoms with E-state index in [1.165, 1.54) is 12.1 Å². The van der Waals surface area contributed by atoms with Crippen LogP contribution in [0.25, 0.3) is 5.69 Å². The molecule has 7 nitrogen and oxygen atoms in total. The molecule has 1 saturated heterocycles. The van der Waals surface area contributed by atoms with Crippen molar-refractivity contribution in [3.8, 4) is 5.69 Å². The molecule has 8 heteroatoms. The minimum Gasteiger partial charge on any atom is -0.336 e. The molecule has 2 aromatic carbocycles. The number of nitrogens with zero attached hydrogens (tertiary/aromatic N) is 3. The average Bonchev–Trinajstić information content (AvgIpc) is 3.26. The number of urea groups is 1. The van der Waals surface area contributed by atoms with E-state index in [4.69, 9.17) is 0 Å². The lowest BCUT2D eigenvalue weighted by molar-refractivity contribution is 0.102. The summed E-state index contributed by atoms with van der Waals surface area (Å²) in [7, 11) is 0. The zero-order valence-corrected chi connectivity index (χ0v) is 16.1. The van der Waals surface area contributed by atoms with Crippen LogP contribution >= 0.6 is 0 Å². The van der Waals surface area contributed by atoms with Crippen molar-refractivity contribution in [3.05, 3.63) is 71.3 Å². The van der Waals surface area contributed by atoms with Gasteiger partial charge in [-0.3, -0.25) is 9.69 Å². The third-order valence-electron chi connectivity index (χ3n) is 4.88. The van der Waals surface area contributed by atoms with Gasteiger partial charge < -0.3 is 10.6 Å². The molecule has 1 aromatic heterocycles. The number of hydrogen-bond donors (Lipinski definition) is 2. The lowest BCUT2D eigenvalue weighted by Gasteiger charge is -2.14. The van der Waals surface area contributed by atoms with Crippen molar-refractivity contribution >= 4 is 23.3 Å². The SMILES string of the molecule is Cc1nn(-c2ccc(F)cc2)c(C)c1C(=O)Nc1ccc(N2CCNC2=O)cc1. The van der Waals surface area contributed by atoms with Gasteiger partial charge >= 0.3 is 6.03 Å². The third kappa shape index (κ3) is 3.56. The van der Waals surface area contributed by atoms with E-state index in [9.17, 15) is 14.0 Å². The van der Waals surface area contributed by atoms with E-state index < -0.39 is 0 Å². The number of aryl methyl sites for hydroxylation is 1. The summed E-state index contributed by atoms with van der Waals surface area (Å²) in [6.07, 6.45) is 0. The Bertz CT molecular complexity index is 1070. The van der Waals surface area contributed by atoms with Gasteiger partial charge in [0.1, 0.15) is 5.82 Å². The first-order valence-electron chi connectivity index (χ1n) is 9.23. The number of halogens is 1. The van der Waals surface area contributed by atoms with Crippen LogP contribution in [-0.4, -0.2) is 34.8 Å². The van der Waals surface area contributed by atoms with E-state index in [0.717, 1.165) is 5.69 Å². The Kier molecular flexibility index (Phi) is 4.75. The number of anilines is 2. The van der Waals surface area contributed by atoms with E-state index in [0.29, 0.717) is 41.4 Å². The normalized spacial score (nSPS) is 13.5. The van der Waals surface area contributed by atoms with Gasteiger partial charge in [0.25, 0.3) is 5.91 Å². The molecule has 0 spiro atoms. The van der Waals surface area contributed by atoms with Crippen LogP contribution in [0.4, 0.5) is 20.6 Å². The Labute approximate surface area is 167 Å². The highest BCUT2D eigenvalue weighted by molar-refractivity contribution is 6.06. The molecule has 1 fully saturated rings. The lowest BCUT2D eigenvalue weighted by atomic mass is 10.1. The van der Waals surface area contributed by atoms with Crippen LogP contribution in [0.1, 0.15) is 21.7 Å². The fraction of sp³-hybridized carbons (Fsp3) is 0.190. The van der Waals surface area contributed by atoms with E-state index in [2.05, 4.69) is 15.7 Å².